The average Bonchev–Trinajstić information content (AvgIpc) is 3.12. The van der Waals surface area contributed by atoms with Crippen LogP contribution in [-0.4, -0.2) is 30.8 Å². The lowest BCUT2D eigenvalue weighted by atomic mass is 10.2. The summed E-state index contributed by atoms with van der Waals surface area (Å²) in [6.07, 6.45) is 0.878. The van der Waals surface area contributed by atoms with Gasteiger partial charge in [0.25, 0.3) is 0 Å². The van der Waals surface area contributed by atoms with Crippen LogP contribution >= 0.6 is 23.4 Å². The van der Waals surface area contributed by atoms with Crippen LogP contribution in [0, 0.1) is 0 Å². The van der Waals surface area contributed by atoms with Crippen molar-refractivity contribution in [1.29, 1.82) is 0 Å². The summed E-state index contributed by atoms with van der Waals surface area (Å²) in [4.78, 5) is 11.9. The second-order valence-electron chi connectivity index (χ2n) is 5.67. The normalized spacial score (nSPS) is 12.0. The summed E-state index contributed by atoms with van der Waals surface area (Å²) in [6.45, 7) is 1.35. The van der Waals surface area contributed by atoms with Gasteiger partial charge < -0.3 is 19.5 Å². The zero-order chi connectivity index (χ0) is 18.2. The molecule has 0 saturated carbocycles. The zero-order valence-electron chi connectivity index (χ0n) is 14.2. The fourth-order valence-electron chi connectivity index (χ4n) is 2.35. The number of benzene rings is 2. The molecule has 5 nitrogen and oxygen atoms in total. The number of rotatable bonds is 9. The maximum absolute atomic E-state index is 11.9. The van der Waals surface area contributed by atoms with E-state index in [0.717, 1.165) is 35.0 Å². The number of hydrogen-bond donors (Lipinski definition) is 1. The van der Waals surface area contributed by atoms with Crippen LogP contribution in [0.3, 0.4) is 0 Å². The molecule has 138 valence electrons. The van der Waals surface area contributed by atoms with E-state index < -0.39 is 0 Å². The van der Waals surface area contributed by atoms with Gasteiger partial charge in [-0.1, -0.05) is 17.7 Å². The van der Waals surface area contributed by atoms with E-state index in [1.54, 1.807) is 23.9 Å². The van der Waals surface area contributed by atoms with Crippen molar-refractivity contribution in [3.05, 3.63) is 53.1 Å². The van der Waals surface area contributed by atoms with Gasteiger partial charge in [-0.3, -0.25) is 4.79 Å². The first kappa shape index (κ1) is 18.7. The molecule has 1 aliphatic heterocycles. The van der Waals surface area contributed by atoms with Crippen LogP contribution < -0.4 is 19.5 Å². The van der Waals surface area contributed by atoms with Crippen molar-refractivity contribution in [2.24, 2.45) is 0 Å². The predicted molar refractivity (Wildman–Crippen MR) is 103 cm³/mol. The van der Waals surface area contributed by atoms with Crippen molar-refractivity contribution in [2.75, 3.05) is 24.9 Å². The summed E-state index contributed by atoms with van der Waals surface area (Å²) in [7, 11) is 0. The zero-order valence-corrected chi connectivity index (χ0v) is 15.8. The van der Waals surface area contributed by atoms with Gasteiger partial charge in [-0.05, 0) is 54.1 Å². The van der Waals surface area contributed by atoms with E-state index >= 15 is 0 Å². The molecule has 0 atom stereocenters. The minimum Gasteiger partial charge on any atom is -0.494 e. The van der Waals surface area contributed by atoms with Crippen LogP contribution in [0.25, 0.3) is 0 Å². The highest BCUT2D eigenvalue weighted by Crippen LogP contribution is 2.32. The molecule has 26 heavy (non-hydrogen) atoms. The Morgan fingerprint density at radius 2 is 1.96 bits per heavy atom. The number of amides is 1. The molecule has 0 aliphatic carbocycles. The fraction of sp³-hybridized carbons (Fsp3) is 0.316. The molecule has 0 aromatic heterocycles. The first-order valence-electron chi connectivity index (χ1n) is 8.32. The van der Waals surface area contributed by atoms with Gasteiger partial charge in [-0.25, -0.2) is 0 Å². The molecule has 1 amide bonds. The van der Waals surface area contributed by atoms with Crippen molar-refractivity contribution in [3.8, 4) is 17.2 Å². The first-order chi connectivity index (χ1) is 12.7. The summed E-state index contributed by atoms with van der Waals surface area (Å²) < 4.78 is 16.2. The van der Waals surface area contributed by atoms with E-state index in [1.807, 2.05) is 30.3 Å². The van der Waals surface area contributed by atoms with E-state index in [-0.39, 0.29) is 12.7 Å². The Labute approximate surface area is 162 Å². The molecule has 0 saturated heterocycles. The van der Waals surface area contributed by atoms with Gasteiger partial charge in [-0.2, -0.15) is 11.8 Å². The largest absolute Gasteiger partial charge is 0.494 e. The molecule has 1 heterocycles. The minimum atomic E-state index is 0.0197. The number of halogens is 1. The summed E-state index contributed by atoms with van der Waals surface area (Å²) in [5.41, 5.74) is 0.990. The summed E-state index contributed by atoms with van der Waals surface area (Å²) in [5, 5.41) is 3.61. The standard InChI is InChI=1S/C19H20ClNO4S/c20-15-3-5-16(6-4-15)23-8-1-9-26-12-19(22)21-11-14-2-7-17-18(10-14)25-13-24-17/h2-7,10H,1,8-9,11-13H2,(H,21,22). The Kier molecular flexibility index (Phi) is 6.91. The molecule has 0 spiro atoms. The van der Waals surface area contributed by atoms with E-state index in [1.165, 1.54) is 0 Å². The number of nitrogens with one attached hydrogen (secondary N) is 1. The number of thioether (sulfide) groups is 1. The van der Waals surface area contributed by atoms with Gasteiger partial charge in [0.1, 0.15) is 5.75 Å². The third-order valence-corrected chi connectivity index (χ3v) is 4.97. The second-order valence-corrected chi connectivity index (χ2v) is 7.21. The minimum absolute atomic E-state index is 0.0197. The van der Waals surface area contributed by atoms with E-state index in [0.29, 0.717) is 23.9 Å². The Balaban J connectivity index is 1.25. The summed E-state index contributed by atoms with van der Waals surface area (Å²) in [6, 6.07) is 13.0. The van der Waals surface area contributed by atoms with Crippen LogP contribution in [-0.2, 0) is 11.3 Å². The van der Waals surface area contributed by atoms with Crippen LogP contribution in [0.15, 0.2) is 42.5 Å². The number of carbonyl (C=O) groups excluding carboxylic acids is 1. The van der Waals surface area contributed by atoms with Crippen LogP contribution in [0.1, 0.15) is 12.0 Å². The SMILES string of the molecule is O=C(CSCCCOc1ccc(Cl)cc1)NCc1ccc2c(c1)OCO2. The number of carbonyl (C=O) groups is 1. The van der Waals surface area contributed by atoms with Gasteiger partial charge >= 0.3 is 0 Å². The lowest BCUT2D eigenvalue weighted by molar-refractivity contribution is -0.118. The maximum atomic E-state index is 11.9. The Morgan fingerprint density at radius 1 is 1.15 bits per heavy atom. The smallest absolute Gasteiger partial charge is 0.231 e. The van der Waals surface area contributed by atoms with Gasteiger partial charge in [0.2, 0.25) is 12.7 Å². The Hall–Kier alpha value is -2.05. The summed E-state index contributed by atoms with van der Waals surface area (Å²) >= 11 is 7.42. The quantitative estimate of drug-likeness (QED) is 0.655. The third-order valence-electron chi connectivity index (χ3n) is 3.68. The average molecular weight is 394 g/mol. The van der Waals surface area contributed by atoms with Crippen molar-refractivity contribution in [3.63, 3.8) is 0 Å². The van der Waals surface area contributed by atoms with Crippen LogP contribution in [0.5, 0.6) is 17.2 Å². The van der Waals surface area contributed by atoms with Crippen molar-refractivity contribution >= 4 is 29.3 Å². The lowest BCUT2D eigenvalue weighted by Crippen LogP contribution is -2.24. The van der Waals surface area contributed by atoms with Crippen LogP contribution in [0.4, 0.5) is 0 Å². The monoisotopic (exact) mass is 393 g/mol. The molecule has 1 aliphatic rings. The molecule has 1 N–H and O–H groups in total. The van der Waals surface area contributed by atoms with Crippen LogP contribution in [0.2, 0.25) is 5.02 Å². The number of fused-ring (bicyclic) bond motifs is 1. The lowest BCUT2D eigenvalue weighted by Gasteiger charge is -2.07. The predicted octanol–water partition coefficient (Wildman–Crippen LogP) is 3.89. The van der Waals surface area contributed by atoms with Crippen molar-refractivity contribution in [1.82, 2.24) is 5.32 Å². The van der Waals surface area contributed by atoms with Gasteiger partial charge in [0.15, 0.2) is 11.5 Å². The van der Waals surface area contributed by atoms with Gasteiger partial charge in [0, 0.05) is 11.6 Å². The molecular formula is C19H20ClNO4S. The highest BCUT2D eigenvalue weighted by molar-refractivity contribution is 7.99. The van der Waals surface area contributed by atoms with Gasteiger partial charge in [-0.15, -0.1) is 0 Å². The highest BCUT2D eigenvalue weighted by Gasteiger charge is 2.13. The summed E-state index contributed by atoms with van der Waals surface area (Å²) in [5.74, 6) is 3.60. The topological polar surface area (TPSA) is 56.8 Å². The van der Waals surface area contributed by atoms with Gasteiger partial charge in [0.05, 0.1) is 12.4 Å². The van der Waals surface area contributed by atoms with Crippen molar-refractivity contribution in [2.45, 2.75) is 13.0 Å². The first-order valence-corrected chi connectivity index (χ1v) is 9.85. The number of ether oxygens (including phenoxy) is 3. The molecule has 0 bridgehead atoms. The molecule has 7 heteroatoms. The van der Waals surface area contributed by atoms with Crippen molar-refractivity contribution < 1.29 is 19.0 Å². The second kappa shape index (κ2) is 9.59. The molecule has 0 fully saturated rings. The number of hydrogen-bond acceptors (Lipinski definition) is 5. The maximum Gasteiger partial charge on any atom is 0.231 e. The molecule has 0 unspecified atom stereocenters. The third kappa shape index (κ3) is 5.75. The molecule has 0 radical (unpaired) electrons. The van der Waals surface area contributed by atoms with E-state index in [2.05, 4.69) is 5.32 Å². The molecule has 2 aromatic rings. The van der Waals surface area contributed by atoms with E-state index in [9.17, 15) is 4.79 Å². The molecule has 3 rings (SSSR count). The fourth-order valence-corrected chi connectivity index (χ4v) is 3.23. The van der Waals surface area contributed by atoms with E-state index in [4.69, 9.17) is 25.8 Å². The highest BCUT2D eigenvalue weighted by atomic mass is 35.5. The molecular weight excluding hydrogens is 374 g/mol. The Morgan fingerprint density at radius 3 is 2.81 bits per heavy atom. The Bertz CT molecular complexity index is 739. The molecule has 2 aromatic carbocycles.